The molecule has 0 saturated carbocycles. The summed E-state index contributed by atoms with van der Waals surface area (Å²) in [7, 11) is -4.73. The van der Waals surface area contributed by atoms with Gasteiger partial charge < -0.3 is 10.2 Å². The van der Waals surface area contributed by atoms with Crippen LogP contribution < -0.4 is 5.32 Å². The second-order valence-corrected chi connectivity index (χ2v) is 12.3. The lowest BCUT2D eigenvalue weighted by atomic mass is 10.2. The molecule has 0 bridgehead atoms. The Kier molecular flexibility index (Phi) is 5.23. The van der Waals surface area contributed by atoms with Gasteiger partial charge in [-0.25, -0.2) is 16.8 Å². The zero-order valence-electron chi connectivity index (χ0n) is 14.2. The average molecular weight is 354 g/mol. The summed E-state index contributed by atoms with van der Waals surface area (Å²) in [5.74, 6) is 0.593. The molecule has 1 rings (SSSR count). The Morgan fingerprint density at radius 3 is 2.32 bits per heavy atom. The standard InChI is InChI=1S/C13H27N3O4S2/c1-12(2,21(6,17)18)9-15-11(14-5)16-7-8-22(19,20)13(3,4)10-16/h7-10H2,1-6H3,(H,14,15). The number of guanidine groups is 1. The van der Waals surface area contributed by atoms with Gasteiger partial charge in [-0.15, -0.1) is 0 Å². The van der Waals surface area contributed by atoms with E-state index in [9.17, 15) is 16.8 Å². The molecule has 0 spiro atoms. The van der Waals surface area contributed by atoms with E-state index in [1.54, 1.807) is 34.7 Å². The van der Waals surface area contributed by atoms with E-state index >= 15 is 0 Å². The molecule has 0 radical (unpaired) electrons. The SMILES string of the molecule is CN=C(NCC(C)(C)S(C)(=O)=O)N1CCS(=O)(=O)C(C)(C)C1. The normalized spacial score (nSPS) is 22.5. The van der Waals surface area contributed by atoms with Gasteiger partial charge in [0.1, 0.15) is 0 Å². The third-order valence-corrected chi connectivity index (χ3v) is 8.92. The van der Waals surface area contributed by atoms with Gasteiger partial charge in [-0.2, -0.15) is 0 Å². The van der Waals surface area contributed by atoms with Crippen LogP contribution in [0.15, 0.2) is 4.99 Å². The molecule has 0 unspecified atom stereocenters. The fourth-order valence-corrected chi connectivity index (χ4v) is 3.78. The molecule has 0 aromatic carbocycles. The lowest BCUT2D eigenvalue weighted by molar-refractivity contribution is 0.352. The predicted octanol–water partition coefficient (Wildman–Crippen LogP) is -0.106. The van der Waals surface area contributed by atoms with E-state index in [2.05, 4.69) is 10.3 Å². The summed E-state index contributed by atoms with van der Waals surface area (Å²) >= 11 is 0. The topological polar surface area (TPSA) is 95.9 Å². The fourth-order valence-electron chi connectivity index (χ4n) is 2.08. The average Bonchev–Trinajstić information content (AvgIpc) is 2.32. The minimum absolute atomic E-state index is 0.0656. The molecule has 0 amide bonds. The molecule has 0 atom stereocenters. The Morgan fingerprint density at radius 1 is 1.36 bits per heavy atom. The highest BCUT2D eigenvalue weighted by atomic mass is 32.2. The number of rotatable bonds is 3. The van der Waals surface area contributed by atoms with Gasteiger partial charge >= 0.3 is 0 Å². The van der Waals surface area contributed by atoms with Crippen LogP contribution in [0.5, 0.6) is 0 Å². The Labute approximate surface area is 134 Å². The second kappa shape index (κ2) is 5.99. The van der Waals surface area contributed by atoms with Crippen molar-refractivity contribution < 1.29 is 16.8 Å². The van der Waals surface area contributed by atoms with Gasteiger partial charge in [-0.05, 0) is 27.7 Å². The molecule has 1 heterocycles. The third kappa shape index (κ3) is 3.92. The van der Waals surface area contributed by atoms with Crippen LogP contribution in [0.3, 0.4) is 0 Å². The Morgan fingerprint density at radius 2 is 1.91 bits per heavy atom. The third-order valence-electron chi connectivity index (χ3n) is 4.23. The van der Waals surface area contributed by atoms with Crippen LogP contribution in [0, 0.1) is 0 Å². The van der Waals surface area contributed by atoms with Crippen molar-refractivity contribution in [1.29, 1.82) is 0 Å². The summed E-state index contributed by atoms with van der Waals surface area (Å²) in [6.07, 6.45) is 1.20. The molecule has 1 fully saturated rings. The maximum absolute atomic E-state index is 12.0. The van der Waals surface area contributed by atoms with Crippen LogP contribution in [-0.4, -0.2) is 75.9 Å². The van der Waals surface area contributed by atoms with Crippen molar-refractivity contribution >= 4 is 25.6 Å². The van der Waals surface area contributed by atoms with Crippen LogP contribution >= 0.6 is 0 Å². The smallest absolute Gasteiger partial charge is 0.193 e. The number of aliphatic imine (C=N–C) groups is 1. The van der Waals surface area contributed by atoms with E-state index in [1.807, 2.05) is 4.90 Å². The molecule has 1 aliphatic rings. The minimum Gasteiger partial charge on any atom is -0.355 e. The number of hydrogen-bond acceptors (Lipinski definition) is 5. The van der Waals surface area contributed by atoms with Gasteiger partial charge in [0.25, 0.3) is 0 Å². The summed E-state index contributed by atoms with van der Waals surface area (Å²) in [4.78, 5) is 6.01. The largest absolute Gasteiger partial charge is 0.355 e. The number of hydrogen-bond donors (Lipinski definition) is 1. The highest BCUT2D eigenvalue weighted by Gasteiger charge is 2.41. The molecule has 0 aromatic rings. The summed E-state index contributed by atoms with van der Waals surface area (Å²) < 4.78 is 45.8. The molecule has 1 aliphatic heterocycles. The second-order valence-electron chi connectivity index (χ2n) is 6.93. The van der Waals surface area contributed by atoms with Crippen LogP contribution in [0.4, 0.5) is 0 Å². The molecule has 0 aliphatic carbocycles. The highest BCUT2D eigenvalue weighted by Crippen LogP contribution is 2.24. The summed E-state index contributed by atoms with van der Waals surface area (Å²) in [6.45, 7) is 7.58. The first-order valence-electron chi connectivity index (χ1n) is 7.11. The van der Waals surface area contributed by atoms with Gasteiger partial charge in [-0.3, -0.25) is 4.99 Å². The zero-order valence-corrected chi connectivity index (χ0v) is 15.8. The monoisotopic (exact) mass is 353 g/mol. The van der Waals surface area contributed by atoms with Crippen molar-refractivity contribution in [3.63, 3.8) is 0 Å². The maximum Gasteiger partial charge on any atom is 0.193 e. The van der Waals surface area contributed by atoms with Gasteiger partial charge in [0, 0.05) is 32.9 Å². The molecule has 1 N–H and O–H groups in total. The quantitative estimate of drug-likeness (QED) is 0.562. The van der Waals surface area contributed by atoms with Gasteiger partial charge in [0.05, 0.1) is 15.2 Å². The van der Waals surface area contributed by atoms with E-state index in [0.717, 1.165) is 0 Å². The molecule has 9 heteroatoms. The van der Waals surface area contributed by atoms with E-state index < -0.39 is 29.2 Å². The lowest BCUT2D eigenvalue weighted by Crippen LogP contribution is -2.58. The Hall–Kier alpha value is -0.830. The molecule has 7 nitrogen and oxygen atoms in total. The highest BCUT2D eigenvalue weighted by molar-refractivity contribution is 7.92. The molecule has 0 aromatic heterocycles. The number of nitrogens with one attached hydrogen (secondary N) is 1. The van der Waals surface area contributed by atoms with Crippen LogP contribution in [0.1, 0.15) is 27.7 Å². The van der Waals surface area contributed by atoms with Crippen LogP contribution in [0.25, 0.3) is 0 Å². The first-order chi connectivity index (χ1) is 9.73. The molecule has 130 valence electrons. The van der Waals surface area contributed by atoms with Crippen LogP contribution in [-0.2, 0) is 19.7 Å². The lowest BCUT2D eigenvalue weighted by Gasteiger charge is -2.39. The van der Waals surface area contributed by atoms with E-state index in [4.69, 9.17) is 0 Å². The summed E-state index contributed by atoms with van der Waals surface area (Å²) in [5.41, 5.74) is 0. The number of nitrogens with zero attached hydrogens (tertiary/aromatic N) is 2. The van der Waals surface area contributed by atoms with Crippen molar-refractivity contribution in [2.75, 3.05) is 38.7 Å². The van der Waals surface area contributed by atoms with Crippen molar-refractivity contribution in [2.45, 2.75) is 37.2 Å². The Bertz CT molecular complexity index is 649. The van der Waals surface area contributed by atoms with Crippen molar-refractivity contribution in [3.05, 3.63) is 0 Å². The van der Waals surface area contributed by atoms with E-state index in [1.165, 1.54) is 6.26 Å². The first kappa shape index (κ1) is 19.2. The Balaban J connectivity index is 2.84. The number of sulfone groups is 2. The van der Waals surface area contributed by atoms with Gasteiger partial charge in [0.2, 0.25) is 0 Å². The van der Waals surface area contributed by atoms with Crippen LogP contribution in [0.2, 0.25) is 0 Å². The molecular weight excluding hydrogens is 326 g/mol. The molecule has 22 heavy (non-hydrogen) atoms. The summed E-state index contributed by atoms with van der Waals surface area (Å²) in [6, 6.07) is 0. The first-order valence-corrected chi connectivity index (χ1v) is 10.7. The van der Waals surface area contributed by atoms with Gasteiger partial charge in [0.15, 0.2) is 25.6 Å². The summed E-state index contributed by atoms with van der Waals surface area (Å²) in [5, 5.41) is 3.05. The van der Waals surface area contributed by atoms with Gasteiger partial charge in [-0.1, -0.05) is 0 Å². The van der Waals surface area contributed by atoms with Crippen molar-refractivity contribution in [2.24, 2.45) is 4.99 Å². The molecule has 1 saturated heterocycles. The fraction of sp³-hybridized carbons (Fsp3) is 0.923. The molecular formula is C13H27N3O4S2. The maximum atomic E-state index is 12.0. The van der Waals surface area contributed by atoms with E-state index in [0.29, 0.717) is 19.0 Å². The van der Waals surface area contributed by atoms with E-state index in [-0.39, 0.29) is 12.3 Å². The minimum atomic E-state index is -3.21. The predicted molar refractivity (Wildman–Crippen MR) is 89.7 cm³/mol. The zero-order chi connectivity index (χ0) is 17.4. The van der Waals surface area contributed by atoms with Crippen molar-refractivity contribution in [1.82, 2.24) is 10.2 Å². The van der Waals surface area contributed by atoms with Crippen molar-refractivity contribution in [3.8, 4) is 0 Å².